The van der Waals surface area contributed by atoms with E-state index in [-0.39, 0.29) is 12.3 Å². The molecule has 1 fully saturated rings. The van der Waals surface area contributed by atoms with Crippen molar-refractivity contribution < 1.29 is 32.2 Å². The molecule has 3 heterocycles. The van der Waals surface area contributed by atoms with E-state index in [9.17, 15) is 22.8 Å². The molecule has 1 aliphatic heterocycles. The zero-order chi connectivity index (χ0) is 22.8. The number of esters is 1. The molecule has 170 valence electrons. The van der Waals surface area contributed by atoms with Crippen LogP contribution in [0.3, 0.4) is 0 Å². The van der Waals surface area contributed by atoms with Crippen molar-refractivity contribution in [2.45, 2.75) is 38.6 Å². The molecule has 2 aromatic rings. The SMILES string of the molecule is CCOC(=O)c1cnc(N2CC[C@@H](NC(=O)c3nc(C(F)(F)F)c(C)[nH]3)[C@@H](OC)C2)s1. The fourth-order valence-corrected chi connectivity index (χ4v) is 4.13. The van der Waals surface area contributed by atoms with Crippen molar-refractivity contribution in [3.63, 3.8) is 0 Å². The number of amides is 1. The monoisotopic (exact) mass is 461 g/mol. The number of aryl methyl sites for hydroxylation is 1. The number of nitrogens with zero attached hydrogens (tertiary/aromatic N) is 3. The number of rotatable bonds is 6. The molecule has 13 heteroatoms. The Morgan fingerprint density at radius 1 is 1.42 bits per heavy atom. The molecule has 2 atom stereocenters. The number of hydrogen-bond acceptors (Lipinski definition) is 8. The van der Waals surface area contributed by atoms with Gasteiger partial charge in [-0.3, -0.25) is 4.79 Å². The highest BCUT2D eigenvalue weighted by molar-refractivity contribution is 7.17. The van der Waals surface area contributed by atoms with Crippen LogP contribution >= 0.6 is 11.3 Å². The predicted molar refractivity (Wildman–Crippen MR) is 105 cm³/mol. The smallest absolute Gasteiger partial charge is 0.435 e. The molecule has 1 amide bonds. The van der Waals surface area contributed by atoms with Gasteiger partial charge in [-0.1, -0.05) is 11.3 Å². The Bertz CT molecular complexity index is 945. The first-order chi connectivity index (χ1) is 14.6. The minimum absolute atomic E-state index is 0.225. The van der Waals surface area contributed by atoms with Gasteiger partial charge in [-0.25, -0.2) is 14.8 Å². The number of H-pyrrole nitrogens is 1. The lowest BCUT2D eigenvalue weighted by Crippen LogP contribution is -2.55. The zero-order valence-electron chi connectivity index (χ0n) is 17.1. The molecule has 0 saturated carbocycles. The van der Waals surface area contributed by atoms with Gasteiger partial charge in [0.15, 0.2) is 16.6 Å². The summed E-state index contributed by atoms with van der Waals surface area (Å²) in [6.45, 7) is 4.08. The number of thiazole rings is 1. The van der Waals surface area contributed by atoms with Crippen LogP contribution in [0.15, 0.2) is 6.20 Å². The number of ether oxygens (including phenoxy) is 2. The van der Waals surface area contributed by atoms with E-state index in [4.69, 9.17) is 9.47 Å². The van der Waals surface area contributed by atoms with Crippen LogP contribution in [-0.2, 0) is 15.7 Å². The first-order valence-electron chi connectivity index (χ1n) is 9.49. The van der Waals surface area contributed by atoms with Crippen LogP contribution in [-0.4, -0.2) is 65.8 Å². The van der Waals surface area contributed by atoms with E-state index in [0.29, 0.717) is 29.5 Å². The molecule has 0 radical (unpaired) electrons. The molecule has 2 N–H and O–H groups in total. The van der Waals surface area contributed by atoms with Crippen molar-refractivity contribution in [3.8, 4) is 0 Å². The van der Waals surface area contributed by atoms with Crippen LogP contribution in [0.4, 0.5) is 18.3 Å². The summed E-state index contributed by atoms with van der Waals surface area (Å²) in [4.78, 5) is 36.6. The fraction of sp³-hybridized carbons (Fsp3) is 0.556. The highest BCUT2D eigenvalue weighted by atomic mass is 32.1. The van der Waals surface area contributed by atoms with Gasteiger partial charge in [-0.2, -0.15) is 13.2 Å². The Balaban J connectivity index is 1.65. The number of halogens is 3. The van der Waals surface area contributed by atoms with Crippen LogP contribution in [0, 0.1) is 6.92 Å². The number of carbonyl (C=O) groups is 2. The van der Waals surface area contributed by atoms with E-state index < -0.39 is 41.7 Å². The maximum absolute atomic E-state index is 12.9. The van der Waals surface area contributed by atoms with Crippen molar-refractivity contribution in [3.05, 3.63) is 28.3 Å². The summed E-state index contributed by atoms with van der Waals surface area (Å²) in [6, 6.07) is -0.432. The lowest BCUT2D eigenvalue weighted by atomic mass is 10.0. The minimum Gasteiger partial charge on any atom is -0.462 e. The average Bonchev–Trinajstić information content (AvgIpc) is 3.35. The Labute approximate surface area is 180 Å². The molecule has 9 nitrogen and oxygen atoms in total. The molecule has 0 aliphatic carbocycles. The third-order valence-corrected chi connectivity index (χ3v) is 5.83. The van der Waals surface area contributed by atoms with Crippen molar-refractivity contribution in [2.24, 2.45) is 0 Å². The summed E-state index contributed by atoms with van der Waals surface area (Å²) in [5.41, 5.74) is -1.34. The van der Waals surface area contributed by atoms with Crippen LogP contribution in [0.2, 0.25) is 0 Å². The second kappa shape index (κ2) is 9.22. The van der Waals surface area contributed by atoms with Gasteiger partial charge in [0, 0.05) is 25.9 Å². The quantitative estimate of drug-likeness (QED) is 0.636. The number of hydrogen-bond donors (Lipinski definition) is 2. The van der Waals surface area contributed by atoms with Crippen LogP contribution in [0.25, 0.3) is 0 Å². The first-order valence-corrected chi connectivity index (χ1v) is 10.3. The molecule has 2 aromatic heterocycles. The molecule has 3 rings (SSSR count). The summed E-state index contributed by atoms with van der Waals surface area (Å²) in [5, 5.41) is 3.31. The first kappa shape index (κ1) is 23.0. The van der Waals surface area contributed by atoms with Gasteiger partial charge in [-0.15, -0.1) is 0 Å². The highest BCUT2D eigenvalue weighted by Gasteiger charge is 2.38. The third kappa shape index (κ3) is 5.15. The van der Waals surface area contributed by atoms with E-state index in [0.717, 1.165) is 0 Å². The molecular weight excluding hydrogens is 439 g/mol. The molecule has 1 saturated heterocycles. The summed E-state index contributed by atoms with van der Waals surface area (Å²) in [7, 11) is 1.48. The van der Waals surface area contributed by atoms with E-state index >= 15 is 0 Å². The summed E-state index contributed by atoms with van der Waals surface area (Å²) >= 11 is 1.19. The number of piperidine rings is 1. The Hall–Kier alpha value is -2.67. The van der Waals surface area contributed by atoms with Gasteiger partial charge in [0.2, 0.25) is 0 Å². The lowest BCUT2D eigenvalue weighted by molar-refractivity contribution is -0.141. The highest BCUT2D eigenvalue weighted by Crippen LogP contribution is 2.30. The summed E-state index contributed by atoms with van der Waals surface area (Å²) in [5.74, 6) is -1.58. The molecular formula is C18H22F3N5O4S. The van der Waals surface area contributed by atoms with Gasteiger partial charge >= 0.3 is 12.1 Å². The maximum Gasteiger partial charge on any atom is 0.435 e. The number of imidazole rings is 1. The molecule has 0 aromatic carbocycles. The number of nitrogens with one attached hydrogen (secondary N) is 2. The van der Waals surface area contributed by atoms with Gasteiger partial charge in [-0.05, 0) is 20.3 Å². The second-order valence-electron chi connectivity index (χ2n) is 6.87. The minimum atomic E-state index is -4.64. The molecule has 31 heavy (non-hydrogen) atoms. The number of carbonyl (C=O) groups excluding carboxylic acids is 2. The summed E-state index contributed by atoms with van der Waals surface area (Å²) < 4.78 is 49.2. The van der Waals surface area contributed by atoms with E-state index in [1.54, 1.807) is 6.92 Å². The van der Waals surface area contributed by atoms with Gasteiger partial charge in [0.25, 0.3) is 5.91 Å². The predicted octanol–water partition coefficient (Wildman–Crippen LogP) is 2.39. The second-order valence-corrected chi connectivity index (χ2v) is 7.88. The van der Waals surface area contributed by atoms with Gasteiger partial charge in [0.1, 0.15) is 4.88 Å². The lowest BCUT2D eigenvalue weighted by Gasteiger charge is -2.37. The fourth-order valence-electron chi connectivity index (χ4n) is 3.28. The van der Waals surface area contributed by atoms with Crippen molar-refractivity contribution in [1.82, 2.24) is 20.3 Å². The standard InChI is InChI=1S/C18H22F3N5O4S/c1-4-30-16(28)12-7-22-17(31-12)26-6-5-10(11(8-26)29-3)24-15(27)14-23-9(2)13(25-14)18(19,20)21/h7,10-11H,4-6,8H2,1-3H3,(H,23,25)(H,24,27)/t10-,11+/m1/s1. The van der Waals surface area contributed by atoms with Crippen LogP contribution in [0.5, 0.6) is 0 Å². The maximum atomic E-state index is 12.9. The Morgan fingerprint density at radius 2 is 2.16 bits per heavy atom. The topological polar surface area (TPSA) is 109 Å². The normalized spacial score (nSPS) is 19.4. The summed E-state index contributed by atoms with van der Waals surface area (Å²) in [6.07, 6.45) is -3.17. The van der Waals surface area contributed by atoms with E-state index in [2.05, 4.69) is 20.3 Å². The average molecular weight is 461 g/mol. The number of methoxy groups -OCH3 is 1. The molecule has 0 unspecified atom stereocenters. The van der Waals surface area contributed by atoms with Crippen molar-refractivity contribution in [2.75, 3.05) is 31.7 Å². The van der Waals surface area contributed by atoms with E-state index in [1.807, 2.05) is 4.90 Å². The largest absolute Gasteiger partial charge is 0.462 e. The van der Waals surface area contributed by atoms with Crippen molar-refractivity contribution in [1.29, 1.82) is 0 Å². The van der Waals surface area contributed by atoms with Gasteiger partial charge < -0.3 is 24.7 Å². The van der Waals surface area contributed by atoms with Crippen LogP contribution in [0.1, 0.15) is 45.0 Å². The molecule has 0 spiro atoms. The third-order valence-electron chi connectivity index (χ3n) is 4.79. The number of alkyl halides is 3. The number of aromatic amines is 1. The van der Waals surface area contributed by atoms with E-state index in [1.165, 1.54) is 31.6 Å². The van der Waals surface area contributed by atoms with Gasteiger partial charge in [0.05, 0.1) is 24.9 Å². The molecule has 0 bridgehead atoms. The van der Waals surface area contributed by atoms with Crippen molar-refractivity contribution >= 4 is 28.3 Å². The zero-order valence-corrected chi connectivity index (χ0v) is 17.9. The van der Waals surface area contributed by atoms with Crippen LogP contribution < -0.4 is 10.2 Å². The Kier molecular flexibility index (Phi) is 6.84. The number of anilines is 1. The Morgan fingerprint density at radius 3 is 2.77 bits per heavy atom. The molecule has 1 aliphatic rings. The number of aromatic nitrogens is 3.